The monoisotopic (exact) mass is 484 g/mol. The zero-order valence-corrected chi connectivity index (χ0v) is 21.1. The molecule has 3 N–H and O–H groups in total. The van der Waals surface area contributed by atoms with E-state index in [1.165, 1.54) is 6.92 Å². The van der Waals surface area contributed by atoms with Crippen LogP contribution in [0.4, 0.5) is 9.59 Å². The molecule has 12 heteroatoms. The van der Waals surface area contributed by atoms with Crippen LogP contribution in [0.3, 0.4) is 0 Å². The first-order valence-corrected chi connectivity index (χ1v) is 11.0. The van der Waals surface area contributed by atoms with E-state index in [-0.39, 0.29) is 31.2 Å². The highest BCUT2D eigenvalue weighted by atomic mass is 16.6. The molecule has 1 saturated carbocycles. The van der Waals surface area contributed by atoms with E-state index in [9.17, 15) is 24.0 Å². The Hall–Kier alpha value is -3.18. The fourth-order valence-electron chi connectivity index (χ4n) is 3.20. The fourth-order valence-corrected chi connectivity index (χ4v) is 3.20. The standard InChI is InChI=1S/C22H36N4O8/c1-9-32-17(29)16(23-12(2)27)14-10-13(28)11-15(14)24-18(25-19(30)33-21(3,4)5)26-20(31)34-22(6,7)8/h14-16H,9-11H2,1-8H3,(H,23,27)(H2,24,25,26,30,31)/t14-,15+,16?/m1/s1. The molecule has 1 aliphatic carbocycles. The Morgan fingerprint density at radius 1 is 0.971 bits per heavy atom. The summed E-state index contributed by atoms with van der Waals surface area (Å²) in [5.74, 6) is -2.48. The smallest absolute Gasteiger partial charge is 0.414 e. The molecule has 12 nitrogen and oxygen atoms in total. The van der Waals surface area contributed by atoms with Crippen molar-refractivity contribution in [3.8, 4) is 0 Å². The van der Waals surface area contributed by atoms with Crippen molar-refractivity contribution in [2.45, 2.75) is 91.5 Å². The van der Waals surface area contributed by atoms with Crippen molar-refractivity contribution >= 4 is 35.8 Å². The summed E-state index contributed by atoms with van der Waals surface area (Å²) >= 11 is 0. The number of ether oxygens (including phenoxy) is 3. The van der Waals surface area contributed by atoms with Gasteiger partial charge in [0.15, 0.2) is 0 Å². The Balaban J connectivity index is 3.28. The predicted octanol–water partition coefficient (Wildman–Crippen LogP) is 1.81. The highest BCUT2D eigenvalue weighted by Gasteiger charge is 2.43. The molecule has 0 aromatic carbocycles. The second-order valence-electron chi connectivity index (χ2n) is 9.84. The highest BCUT2D eigenvalue weighted by molar-refractivity contribution is 6.01. The quantitative estimate of drug-likeness (QED) is 0.230. The molecule has 0 radical (unpaired) electrons. The van der Waals surface area contributed by atoms with Gasteiger partial charge in [-0.15, -0.1) is 0 Å². The summed E-state index contributed by atoms with van der Waals surface area (Å²) < 4.78 is 15.5. The summed E-state index contributed by atoms with van der Waals surface area (Å²) in [5, 5.41) is 7.21. The number of nitrogens with zero attached hydrogens (tertiary/aromatic N) is 1. The van der Waals surface area contributed by atoms with E-state index in [2.05, 4.69) is 20.9 Å². The lowest BCUT2D eigenvalue weighted by atomic mass is 9.94. The van der Waals surface area contributed by atoms with Crippen molar-refractivity contribution in [2.24, 2.45) is 10.9 Å². The van der Waals surface area contributed by atoms with Gasteiger partial charge in [-0.1, -0.05) is 0 Å². The average molecular weight is 485 g/mol. The number of guanidine groups is 1. The van der Waals surface area contributed by atoms with E-state index in [0.29, 0.717) is 0 Å². The third-order valence-corrected chi connectivity index (χ3v) is 4.26. The molecule has 0 aromatic heterocycles. The molecule has 3 amide bonds. The Morgan fingerprint density at radius 2 is 1.47 bits per heavy atom. The molecule has 0 spiro atoms. The van der Waals surface area contributed by atoms with Crippen molar-refractivity contribution in [1.82, 2.24) is 16.0 Å². The van der Waals surface area contributed by atoms with Crippen molar-refractivity contribution in [3.63, 3.8) is 0 Å². The van der Waals surface area contributed by atoms with Crippen LogP contribution in [0.5, 0.6) is 0 Å². The van der Waals surface area contributed by atoms with E-state index in [1.807, 2.05) is 0 Å². The van der Waals surface area contributed by atoms with Gasteiger partial charge in [0.25, 0.3) is 0 Å². The molecule has 3 atom stereocenters. The van der Waals surface area contributed by atoms with Gasteiger partial charge in [0.1, 0.15) is 23.0 Å². The van der Waals surface area contributed by atoms with Gasteiger partial charge >= 0.3 is 18.2 Å². The van der Waals surface area contributed by atoms with Crippen LogP contribution < -0.4 is 16.0 Å². The number of rotatable bonds is 5. The van der Waals surface area contributed by atoms with E-state index >= 15 is 0 Å². The maximum atomic E-state index is 12.5. The molecule has 0 heterocycles. The van der Waals surface area contributed by atoms with Gasteiger partial charge in [-0.3, -0.25) is 20.2 Å². The van der Waals surface area contributed by atoms with Crippen LogP contribution in [-0.4, -0.2) is 65.7 Å². The Kier molecular flexibility index (Phi) is 10.0. The summed E-state index contributed by atoms with van der Waals surface area (Å²) in [7, 11) is 0. The molecule has 1 rings (SSSR count). The highest BCUT2D eigenvalue weighted by Crippen LogP contribution is 2.29. The second kappa shape index (κ2) is 11.8. The number of hydrogen-bond donors (Lipinski definition) is 3. The van der Waals surface area contributed by atoms with Crippen molar-refractivity contribution in [2.75, 3.05) is 6.61 Å². The number of carbonyl (C=O) groups is 5. The van der Waals surface area contributed by atoms with Crippen molar-refractivity contribution in [1.29, 1.82) is 0 Å². The number of nitrogens with one attached hydrogen (secondary N) is 3. The first-order valence-electron chi connectivity index (χ1n) is 11.0. The first-order chi connectivity index (χ1) is 15.5. The molecule has 0 aromatic rings. The maximum absolute atomic E-state index is 12.5. The summed E-state index contributed by atoms with van der Waals surface area (Å²) in [5.41, 5.74) is -1.65. The molecule has 1 fully saturated rings. The number of ketones is 1. The maximum Gasteiger partial charge on any atom is 0.414 e. The minimum absolute atomic E-state index is 0.0515. The summed E-state index contributed by atoms with van der Waals surface area (Å²) in [4.78, 5) is 65.5. The first kappa shape index (κ1) is 28.9. The van der Waals surface area contributed by atoms with Gasteiger partial charge in [0.05, 0.1) is 12.6 Å². The van der Waals surface area contributed by atoms with Gasteiger partial charge in [0.2, 0.25) is 11.9 Å². The summed E-state index contributed by atoms with van der Waals surface area (Å²) in [6.45, 7) is 12.9. The molecule has 1 unspecified atom stereocenters. The second-order valence-corrected chi connectivity index (χ2v) is 9.84. The third kappa shape index (κ3) is 10.6. The van der Waals surface area contributed by atoms with Crippen molar-refractivity contribution in [3.05, 3.63) is 0 Å². The van der Waals surface area contributed by atoms with Crippen LogP contribution >= 0.6 is 0 Å². The SMILES string of the molecule is CCOC(=O)C(NC(C)=O)[C@@H]1CC(=O)C[C@@H]1N=C(NC(=O)OC(C)(C)C)NC(=O)OC(C)(C)C. The van der Waals surface area contributed by atoms with E-state index in [0.717, 1.165) is 0 Å². The lowest BCUT2D eigenvalue weighted by Crippen LogP contribution is -2.50. The summed E-state index contributed by atoms with van der Waals surface area (Å²) in [6, 6.07) is -1.99. The fraction of sp³-hybridized carbons (Fsp3) is 0.727. The zero-order valence-electron chi connectivity index (χ0n) is 21.1. The number of Topliss-reactive ketones (excluding diaryl/α,β-unsaturated/α-hetero) is 1. The van der Waals surface area contributed by atoms with Gasteiger partial charge in [-0.05, 0) is 48.5 Å². The van der Waals surface area contributed by atoms with E-state index in [4.69, 9.17) is 14.2 Å². The lowest BCUT2D eigenvalue weighted by Gasteiger charge is -2.26. The van der Waals surface area contributed by atoms with Gasteiger partial charge in [-0.25, -0.2) is 19.4 Å². The molecule has 192 valence electrons. The Bertz CT molecular complexity index is 794. The number of carbonyl (C=O) groups excluding carboxylic acids is 5. The van der Waals surface area contributed by atoms with E-state index < -0.39 is 53.3 Å². The molecular weight excluding hydrogens is 448 g/mol. The molecule has 0 bridgehead atoms. The van der Waals surface area contributed by atoms with Gasteiger partial charge in [0, 0.05) is 25.7 Å². The molecule has 0 aliphatic heterocycles. The number of aliphatic imine (C=N–C) groups is 1. The number of alkyl carbamates (subject to hydrolysis) is 2. The predicted molar refractivity (Wildman–Crippen MR) is 122 cm³/mol. The third-order valence-electron chi connectivity index (χ3n) is 4.26. The van der Waals surface area contributed by atoms with Crippen molar-refractivity contribution < 1.29 is 38.2 Å². The normalized spacial score (nSPS) is 18.9. The van der Waals surface area contributed by atoms with Crippen LogP contribution in [0.15, 0.2) is 4.99 Å². The molecular formula is C22H36N4O8. The Labute approximate surface area is 199 Å². The van der Waals surface area contributed by atoms with Crippen LogP contribution in [0.2, 0.25) is 0 Å². The topological polar surface area (TPSA) is 161 Å². The number of hydrogen-bond acceptors (Lipinski definition) is 9. The Morgan fingerprint density at radius 3 is 1.88 bits per heavy atom. The van der Waals surface area contributed by atoms with Gasteiger partial charge < -0.3 is 19.5 Å². The minimum atomic E-state index is -1.14. The average Bonchev–Trinajstić information content (AvgIpc) is 2.95. The summed E-state index contributed by atoms with van der Waals surface area (Å²) in [6.07, 6.45) is -1.92. The number of esters is 1. The van der Waals surface area contributed by atoms with Crippen LogP contribution in [-0.2, 0) is 28.6 Å². The van der Waals surface area contributed by atoms with E-state index in [1.54, 1.807) is 48.5 Å². The lowest BCUT2D eigenvalue weighted by molar-refractivity contribution is -0.149. The van der Waals surface area contributed by atoms with Crippen LogP contribution in [0.1, 0.15) is 68.2 Å². The van der Waals surface area contributed by atoms with Crippen LogP contribution in [0.25, 0.3) is 0 Å². The largest absolute Gasteiger partial charge is 0.464 e. The molecule has 0 saturated heterocycles. The van der Waals surface area contributed by atoms with Gasteiger partial charge in [-0.2, -0.15) is 0 Å². The molecule has 34 heavy (non-hydrogen) atoms. The van der Waals surface area contributed by atoms with Crippen LogP contribution in [0, 0.1) is 5.92 Å². The minimum Gasteiger partial charge on any atom is -0.464 e. The number of amides is 3. The zero-order chi connectivity index (χ0) is 26.3. The molecule has 1 aliphatic rings.